The van der Waals surface area contributed by atoms with Crippen LogP contribution in [0, 0.1) is 0 Å². The van der Waals surface area contributed by atoms with Gasteiger partial charge >= 0.3 is 0 Å². The standard InChI is InChI=1S/C68H41NO3/c1-4-21-50-46(17-1)49-41-44(39-40-52(49)67(50)53-23-6-11-30-60(53)71-61-31-12-7-24-54(61)67)69(43-37-35-42(36-38-43)45-20-15-34-64-65(45)48-19-3-10-29-59(48)70-64)58-28-16-27-57-66(58)47-18-2-5-22-51(47)68(57)55-25-8-13-32-62(55)72-63-33-14-9-26-56(63)68/h1-41H. The van der Waals surface area contributed by atoms with Gasteiger partial charge in [-0.05, 0) is 117 Å². The largest absolute Gasteiger partial charge is 0.457 e. The molecule has 0 atom stereocenters. The summed E-state index contributed by atoms with van der Waals surface area (Å²) in [6.07, 6.45) is 0. The number of hydrogen-bond acceptors (Lipinski definition) is 4. The van der Waals surface area contributed by atoms with Gasteiger partial charge in [-0.1, -0.05) is 182 Å². The van der Waals surface area contributed by atoms with E-state index in [2.05, 4.69) is 248 Å². The lowest BCUT2D eigenvalue weighted by Gasteiger charge is -2.39. The third-order valence-electron chi connectivity index (χ3n) is 16.0. The van der Waals surface area contributed by atoms with Crippen LogP contribution < -0.4 is 14.4 Å². The summed E-state index contributed by atoms with van der Waals surface area (Å²) in [6.45, 7) is 0. The van der Waals surface area contributed by atoms with Crippen molar-refractivity contribution in [2.45, 2.75) is 10.8 Å². The second-order valence-corrected chi connectivity index (χ2v) is 19.4. The zero-order valence-electron chi connectivity index (χ0n) is 38.8. The molecule has 4 nitrogen and oxygen atoms in total. The van der Waals surface area contributed by atoms with Gasteiger partial charge in [0.1, 0.15) is 34.2 Å². The van der Waals surface area contributed by atoms with E-state index in [-0.39, 0.29) is 0 Å². The van der Waals surface area contributed by atoms with E-state index in [1.165, 1.54) is 44.5 Å². The van der Waals surface area contributed by atoms with E-state index < -0.39 is 10.8 Å². The molecule has 2 aliphatic carbocycles. The maximum Gasteiger partial charge on any atom is 0.136 e. The third-order valence-corrected chi connectivity index (χ3v) is 16.0. The molecule has 1 aromatic heterocycles. The van der Waals surface area contributed by atoms with Gasteiger partial charge in [0.25, 0.3) is 0 Å². The predicted octanol–water partition coefficient (Wildman–Crippen LogP) is 17.7. The fourth-order valence-electron chi connectivity index (χ4n) is 13.3. The normalized spacial score (nSPS) is 14.3. The van der Waals surface area contributed by atoms with Crippen molar-refractivity contribution in [3.05, 3.63) is 293 Å². The molecule has 0 saturated heterocycles. The predicted molar refractivity (Wildman–Crippen MR) is 289 cm³/mol. The summed E-state index contributed by atoms with van der Waals surface area (Å²) in [7, 11) is 0. The Morgan fingerprint density at radius 3 is 1.42 bits per heavy atom. The lowest BCUT2D eigenvalue weighted by Crippen LogP contribution is -2.32. The molecular weight excluding hydrogens is 879 g/mol. The molecule has 11 aromatic carbocycles. The molecule has 2 aliphatic heterocycles. The Bertz CT molecular complexity index is 4170. The van der Waals surface area contributed by atoms with Crippen molar-refractivity contribution in [1.29, 1.82) is 0 Å². The fourth-order valence-corrected chi connectivity index (χ4v) is 13.3. The Hall–Kier alpha value is -9.38. The summed E-state index contributed by atoms with van der Waals surface area (Å²) < 4.78 is 19.8. The van der Waals surface area contributed by atoms with Gasteiger partial charge in [-0.25, -0.2) is 0 Å². The van der Waals surface area contributed by atoms with Crippen LogP contribution in [0.3, 0.4) is 0 Å². The average molecular weight is 920 g/mol. The summed E-state index contributed by atoms with van der Waals surface area (Å²) in [5, 5.41) is 2.24. The highest BCUT2D eigenvalue weighted by Crippen LogP contribution is 2.66. The van der Waals surface area contributed by atoms with E-state index in [0.29, 0.717) is 0 Å². The Morgan fingerprint density at radius 1 is 0.306 bits per heavy atom. The molecule has 0 radical (unpaired) electrons. The van der Waals surface area contributed by atoms with Gasteiger partial charge in [-0.2, -0.15) is 0 Å². The molecule has 0 N–H and O–H groups in total. The molecular formula is C68H41NO3. The highest BCUT2D eigenvalue weighted by molar-refractivity contribution is 6.12. The zero-order chi connectivity index (χ0) is 47.1. The van der Waals surface area contributed by atoms with Crippen LogP contribution in [-0.4, -0.2) is 0 Å². The zero-order valence-corrected chi connectivity index (χ0v) is 38.8. The summed E-state index contributed by atoms with van der Waals surface area (Å²) in [5.74, 6) is 3.51. The van der Waals surface area contributed by atoms with Crippen molar-refractivity contribution in [2.75, 3.05) is 4.90 Å². The van der Waals surface area contributed by atoms with Gasteiger partial charge in [0.05, 0.1) is 16.5 Å². The van der Waals surface area contributed by atoms with Crippen molar-refractivity contribution in [3.8, 4) is 56.4 Å². The molecule has 2 spiro atoms. The van der Waals surface area contributed by atoms with Crippen LogP contribution in [0.1, 0.15) is 44.5 Å². The van der Waals surface area contributed by atoms with Crippen molar-refractivity contribution >= 4 is 39.0 Å². The SMILES string of the molecule is c1ccc2c(c1)Oc1ccccc1C21c2ccccc2-c2cc(N(c3ccc(-c4cccc5oc6ccccc6c45)cc3)c3cccc4c3-c3ccccc3C43c4ccccc4Oc4ccccc43)ccc21. The number of fused-ring (bicyclic) bond motifs is 21. The molecule has 336 valence electrons. The lowest BCUT2D eigenvalue weighted by atomic mass is 9.66. The van der Waals surface area contributed by atoms with E-state index in [1.54, 1.807) is 0 Å². The Kier molecular flexibility index (Phi) is 7.99. The molecule has 3 heterocycles. The molecule has 4 aliphatic rings. The van der Waals surface area contributed by atoms with Crippen molar-refractivity contribution in [3.63, 3.8) is 0 Å². The van der Waals surface area contributed by atoms with Crippen molar-refractivity contribution < 1.29 is 13.9 Å². The Morgan fingerprint density at radius 2 is 0.764 bits per heavy atom. The van der Waals surface area contributed by atoms with Gasteiger partial charge in [0.2, 0.25) is 0 Å². The van der Waals surface area contributed by atoms with E-state index in [1.807, 2.05) is 6.07 Å². The van der Waals surface area contributed by atoms with Crippen LogP contribution >= 0.6 is 0 Å². The summed E-state index contributed by atoms with van der Waals surface area (Å²) in [6, 6.07) is 90.2. The van der Waals surface area contributed by atoms with Gasteiger partial charge in [-0.3, -0.25) is 0 Å². The topological polar surface area (TPSA) is 34.8 Å². The van der Waals surface area contributed by atoms with Crippen molar-refractivity contribution in [2.24, 2.45) is 0 Å². The smallest absolute Gasteiger partial charge is 0.136 e. The molecule has 12 aromatic rings. The maximum atomic E-state index is 6.74. The van der Waals surface area contributed by atoms with Crippen LogP contribution in [0.15, 0.2) is 253 Å². The van der Waals surface area contributed by atoms with E-state index in [9.17, 15) is 0 Å². The first-order valence-corrected chi connectivity index (χ1v) is 24.7. The number of rotatable bonds is 4. The number of furan rings is 1. The quantitative estimate of drug-likeness (QED) is 0.176. The minimum atomic E-state index is -0.623. The van der Waals surface area contributed by atoms with Crippen LogP contribution in [-0.2, 0) is 10.8 Å². The first kappa shape index (κ1) is 39.5. The van der Waals surface area contributed by atoms with E-state index in [4.69, 9.17) is 13.9 Å². The van der Waals surface area contributed by atoms with Crippen LogP contribution in [0.5, 0.6) is 23.0 Å². The maximum absolute atomic E-state index is 6.74. The van der Waals surface area contributed by atoms with Gasteiger partial charge < -0.3 is 18.8 Å². The number of benzene rings is 11. The number of para-hydroxylation sites is 5. The minimum Gasteiger partial charge on any atom is -0.457 e. The highest BCUT2D eigenvalue weighted by atomic mass is 16.5. The fraction of sp³-hybridized carbons (Fsp3) is 0.0294. The van der Waals surface area contributed by atoms with E-state index in [0.717, 1.165) is 95.4 Å². The lowest BCUT2D eigenvalue weighted by molar-refractivity contribution is 0.436. The summed E-state index contributed by atoms with van der Waals surface area (Å²) >= 11 is 0. The second kappa shape index (κ2) is 14.6. The molecule has 0 unspecified atom stereocenters. The Labute approximate surface area is 416 Å². The molecule has 0 saturated carbocycles. The molecule has 4 heteroatoms. The molecule has 0 fully saturated rings. The van der Waals surface area contributed by atoms with Crippen molar-refractivity contribution in [1.82, 2.24) is 0 Å². The minimum absolute atomic E-state index is 0.580. The monoisotopic (exact) mass is 919 g/mol. The highest BCUT2D eigenvalue weighted by Gasteiger charge is 2.53. The second-order valence-electron chi connectivity index (χ2n) is 19.4. The number of ether oxygens (including phenoxy) is 2. The number of hydrogen-bond donors (Lipinski definition) is 0. The van der Waals surface area contributed by atoms with Crippen LogP contribution in [0.4, 0.5) is 17.1 Å². The number of nitrogens with zero attached hydrogens (tertiary/aromatic N) is 1. The average Bonchev–Trinajstić information content (AvgIpc) is 4.07. The molecule has 16 rings (SSSR count). The number of anilines is 3. The molecule has 72 heavy (non-hydrogen) atoms. The molecule has 0 bridgehead atoms. The van der Waals surface area contributed by atoms with Gasteiger partial charge in [0, 0.05) is 50.0 Å². The first-order valence-electron chi connectivity index (χ1n) is 24.7. The van der Waals surface area contributed by atoms with Gasteiger partial charge in [0.15, 0.2) is 0 Å². The van der Waals surface area contributed by atoms with Crippen LogP contribution in [0.25, 0.3) is 55.3 Å². The first-order chi connectivity index (χ1) is 35.7. The molecule has 0 amide bonds. The van der Waals surface area contributed by atoms with Crippen LogP contribution in [0.2, 0.25) is 0 Å². The summed E-state index contributed by atoms with van der Waals surface area (Å²) in [4.78, 5) is 2.49. The van der Waals surface area contributed by atoms with Gasteiger partial charge in [-0.15, -0.1) is 0 Å². The summed E-state index contributed by atoms with van der Waals surface area (Å²) in [5.41, 5.74) is 20.4. The third kappa shape index (κ3) is 5.05. The van der Waals surface area contributed by atoms with E-state index >= 15 is 0 Å². The Balaban J connectivity index is 0.962.